The summed E-state index contributed by atoms with van der Waals surface area (Å²) >= 11 is 0. The Balaban J connectivity index is 1.48. The SMILES string of the molecule is CC(=O)Oc1cc(OC[C@@H]2CCCO2)ccc1C(=O)Nc1ccc2c(c1)cc(CNCC(C)(C)C)n2C. The Labute approximate surface area is 218 Å². The van der Waals surface area contributed by atoms with Gasteiger partial charge in [0.1, 0.15) is 18.1 Å². The summed E-state index contributed by atoms with van der Waals surface area (Å²) in [6.07, 6.45) is 2.04. The van der Waals surface area contributed by atoms with E-state index in [2.05, 4.69) is 42.0 Å². The van der Waals surface area contributed by atoms with Crippen LogP contribution in [0.1, 0.15) is 56.6 Å². The third kappa shape index (κ3) is 7.11. The molecule has 4 rings (SSSR count). The van der Waals surface area contributed by atoms with Gasteiger partial charge in [0.15, 0.2) is 0 Å². The van der Waals surface area contributed by atoms with Gasteiger partial charge in [-0.25, -0.2) is 0 Å². The zero-order chi connectivity index (χ0) is 26.6. The van der Waals surface area contributed by atoms with Crippen molar-refractivity contribution in [3.8, 4) is 11.5 Å². The van der Waals surface area contributed by atoms with Crippen molar-refractivity contribution < 1.29 is 23.8 Å². The fraction of sp³-hybridized carbons (Fsp3) is 0.448. The van der Waals surface area contributed by atoms with Crippen LogP contribution >= 0.6 is 0 Å². The molecule has 1 aliphatic rings. The maximum atomic E-state index is 13.2. The minimum absolute atomic E-state index is 0.0582. The lowest BCUT2D eigenvalue weighted by atomic mass is 9.97. The molecule has 1 saturated heterocycles. The van der Waals surface area contributed by atoms with E-state index in [1.165, 1.54) is 12.6 Å². The number of aromatic nitrogens is 1. The average Bonchev–Trinajstić information content (AvgIpc) is 3.44. The second-order valence-corrected chi connectivity index (χ2v) is 10.8. The Kier molecular flexibility index (Phi) is 8.19. The quantitative estimate of drug-likeness (QED) is 0.311. The molecular formula is C29H37N3O5. The van der Waals surface area contributed by atoms with Crippen LogP contribution in [-0.2, 0) is 23.1 Å². The number of hydrogen-bond donors (Lipinski definition) is 2. The first-order valence-electron chi connectivity index (χ1n) is 12.8. The molecule has 0 aliphatic carbocycles. The number of rotatable bonds is 9. The Bertz CT molecular complexity index is 1270. The van der Waals surface area contributed by atoms with Crippen LogP contribution < -0.4 is 20.1 Å². The van der Waals surface area contributed by atoms with Crippen LogP contribution in [-0.4, -0.2) is 42.3 Å². The molecule has 1 amide bonds. The Morgan fingerprint density at radius 3 is 2.65 bits per heavy atom. The van der Waals surface area contributed by atoms with Crippen molar-refractivity contribution in [1.82, 2.24) is 9.88 Å². The Morgan fingerprint density at radius 2 is 1.95 bits per heavy atom. The van der Waals surface area contributed by atoms with E-state index in [4.69, 9.17) is 14.2 Å². The zero-order valence-electron chi connectivity index (χ0n) is 22.3. The van der Waals surface area contributed by atoms with Crippen molar-refractivity contribution >= 4 is 28.5 Å². The zero-order valence-corrected chi connectivity index (χ0v) is 22.3. The predicted molar refractivity (Wildman–Crippen MR) is 144 cm³/mol. The average molecular weight is 508 g/mol. The highest BCUT2D eigenvalue weighted by Gasteiger charge is 2.19. The van der Waals surface area contributed by atoms with E-state index in [1.54, 1.807) is 18.2 Å². The summed E-state index contributed by atoms with van der Waals surface area (Å²) in [5.74, 6) is -0.211. The molecule has 1 fully saturated rings. The maximum Gasteiger partial charge on any atom is 0.308 e. The molecule has 0 bridgehead atoms. The predicted octanol–water partition coefficient (Wildman–Crippen LogP) is 5.05. The third-order valence-electron chi connectivity index (χ3n) is 6.27. The smallest absolute Gasteiger partial charge is 0.308 e. The first-order chi connectivity index (χ1) is 17.6. The molecule has 198 valence electrons. The fourth-order valence-corrected chi connectivity index (χ4v) is 4.40. The lowest BCUT2D eigenvalue weighted by Gasteiger charge is -2.18. The lowest BCUT2D eigenvalue weighted by Crippen LogP contribution is -2.27. The fourth-order valence-electron chi connectivity index (χ4n) is 4.40. The number of anilines is 1. The van der Waals surface area contributed by atoms with E-state index in [0.717, 1.165) is 43.4 Å². The summed E-state index contributed by atoms with van der Waals surface area (Å²) in [5, 5.41) is 7.48. The number of hydrogen-bond acceptors (Lipinski definition) is 6. The van der Waals surface area contributed by atoms with Gasteiger partial charge in [0.2, 0.25) is 0 Å². The van der Waals surface area contributed by atoms with Crippen molar-refractivity contribution in [3.63, 3.8) is 0 Å². The van der Waals surface area contributed by atoms with Crippen LogP contribution in [0, 0.1) is 5.41 Å². The van der Waals surface area contributed by atoms with Gasteiger partial charge in [-0.1, -0.05) is 20.8 Å². The molecule has 1 aromatic heterocycles. The Morgan fingerprint density at radius 1 is 1.14 bits per heavy atom. The molecule has 8 heteroatoms. The lowest BCUT2D eigenvalue weighted by molar-refractivity contribution is -0.131. The van der Waals surface area contributed by atoms with E-state index in [0.29, 0.717) is 18.0 Å². The largest absolute Gasteiger partial charge is 0.491 e. The van der Waals surface area contributed by atoms with E-state index in [9.17, 15) is 9.59 Å². The second kappa shape index (κ2) is 11.4. The number of nitrogens with one attached hydrogen (secondary N) is 2. The van der Waals surface area contributed by atoms with Gasteiger partial charge in [0.05, 0.1) is 11.7 Å². The number of aryl methyl sites for hydroxylation is 1. The van der Waals surface area contributed by atoms with Gasteiger partial charge in [0.25, 0.3) is 5.91 Å². The highest BCUT2D eigenvalue weighted by atomic mass is 16.5. The molecule has 1 atom stereocenters. The molecule has 1 aliphatic heterocycles. The molecule has 0 saturated carbocycles. The first-order valence-corrected chi connectivity index (χ1v) is 12.8. The van der Waals surface area contributed by atoms with E-state index in [1.807, 2.05) is 25.2 Å². The van der Waals surface area contributed by atoms with E-state index < -0.39 is 5.97 Å². The number of nitrogens with zero attached hydrogens (tertiary/aromatic N) is 1. The molecule has 0 radical (unpaired) electrons. The normalized spacial score (nSPS) is 15.6. The highest BCUT2D eigenvalue weighted by molar-refractivity contribution is 6.07. The topological polar surface area (TPSA) is 90.8 Å². The van der Waals surface area contributed by atoms with Crippen LogP contribution in [0.15, 0.2) is 42.5 Å². The number of benzene rings is 2. The number of carbonyl (C=O) groups is 2. The molecule has 3 aromatic rings. The Hall–Kier alpha value is -3.36. The highest BCUT2D eigenvalue weighted by Crippen LogP contribution is 2.28. The summed E-state index contributed by atoms with van der Waals surface area (Å²) in [6, 6.07) is 12.8. The molecule has 0 spiro atoms. The number of esters is 1. The second-order valence-electron chi connectivity index (χ2n) is 10.8. The molecule has 2 aromatic carbocycles. The van der Waals surface area contributed by atoms with Gasteiger partial charge in [-0.3, -0.25) is 9.59 Å². The van der Waals surface area contributed by atoms with Crippen molar-refractivity contribution in [2.24, 2.45) is 12.5 Å². The minimum Gasteiger partial charge on any atom is -0.491 e. The first kappa shape index (κ1) is 26.7. The van der Waals surface area contributed by atoms with E-state index >= 15 is 0 Å². The van der Waals surface area contributed by atoms with Gasteiger partial charge >= 0.3 is 5.97 Å². The number of amides is 1. The number of carbonyl (C=O) groups excluding carboxylic acids is 2. The van der Waals surface area contributed by atoms with Crippen LogP contribution in [0.3, 0.4) is 0 Å². The standard InChI is InChI=1S/C29H37N3O5/c1-19(33)37-27-15-23(36-17-24-7-6-12-35-24)9-10-25(27)28(34)31-21-8-11-26-20(13-21)14-22(32(26)5)16-30-18-29(2,3)4/h8-11,13-15,24,30H,6-7,12,16-18H2,1-5H3,(H,31,34)/t24-/m0/s1. The van der Waals surface area contributed by atoms with Gasteiger partial charge in [-0.2, -0.15) is 0 Å². The summed E-state index contributed by atoms with van der Waals surface area (Å²) in [5.41, 5.74) is 3.36. The van der Waals surface area contributed by atoms with Crippen LogP contribution in [0.2, 0.25) is 0 Å². The van der Waals surface area contributed by atoms with E-state index in [-0.39, 0.29) is 28.7 Å². The van der Waals surface area contributed by atoms with Crippen LogP contribution in [0.5, 0.6) is 11.5 Å². The molecule has 2 heterocycles. The maximum absolute atomic E-state index is 13.2. The van der Waals surface area contributed by atoms with Gasteiger partial charge in [-0.15, -0.1) is 0 Å². The molecule has 2 N–H and O–H groups in total. The van der Waals surface area contributed by atoms with Crippen molar-refractivity contribution in [3.05, 3.63) is 53.7 Å². The summed E-state index contributed by atoms with van der Waals surface area (Å²) in [4.78, 5) is 24.9. The molecular weight excluding hydrogens is 470 g/mol. The molecule has 37 heavy (non-hydrogen) atoms. The van der Waals surface area contributed by atoms with Gasteiger partial charge < -0.3 is 29.4 Å². The third-order valence-corrected chi connectivity index (χ3v) is 6.27. The van der Waals surface area contributed by atoms with Gasteiger partial charge in [0, 0.05) is 62.0 Å². The number of fused-ring (bicyclic) bond motifs is 1. The minimum atomic E-state index is -0.511. The summed E-state index contributed by atoms with van der Waals surface area (Å²) < 4.78 is 18.9. The summed E-state index contributed by atoms with van der Waals surface area (Å²) in [6.45, 7) is 10.8. The monoisotopic (exact) mass is 507 g/mol. The van der Waals surface area contributed by atoms with Crippen molar-refractivity contribution in [1.29, 1.82) is 0 Å². The molecule has 8 nitrogen and oxygen atoms in total. The molecule has 0 unspecified atom stereocenters. The number of ether oxygens (including phenoxy) is 3. The van der Waals surface area contributed by atoms with Gasteiger partial charge in [-0.05, 0) is 54.7 Å². The van der Waals surface area contributed by atoms with Crippen LogP contribution in [0.4, 0.5) is 5.69 Å². The van der Waals surface area contributed by atoms with Crippen molar-refractivity contribution in [2.75, 3.05) is 25.1 Å². The van der Waals surface area contributed by atoms with Crippen molar-refractivity contribution in [2.45, 2.75) is 53.2 Å². The van der Waals surface area contributed by atoms with Crippen LogP contribution in [0.25, 0.3) is 10.9 Å². The summed E-state index contributed by atoms with van der Waals surface area (Å²) in [7, 11) is 2.04.